The van der Waals surface area contributed by atoms with Gasteiger partial charge in [-0.25, -0.2) is 10.8 Å². The number of aromatic nitrogens is 1. The molecular formula is C12H12N4O2. The minimum absolute atomic E-state index is 0.101. The first-order valence-electron chi connectivity index (χ1n) is 5.34. The fourth-order valence-corrected chi connectivity index (χ4v) is 1.61. The molecule has 0 amide bonds. The van der Waals surface area contributed by atoms with Crippen LogP contribution in [0.25, 0.3) is 0 Å². The molecule has 18 heavy (non-hydrogen) atoms. The smallest absolute Gasteiger partial charge is 0.285 e. The van der Waals surface area contributed by atoms with Gasteiger partial charge >= 0.3 is 5.69 Å². The first kappa shape index (κ1) is 12.0. The molecule has 0 aliphatic rings. The number of anilines is 1. The Labute approximate surface area is 104 Å². The maximum atomic E-state index is 10.9. The Morgan fingerprint density at radius 3 is 2.61 bits per heavy atom. The number of pyridine rings is 1. The molecule has 0 radical (unpaired) electrons. The lowest BCUT2D eigenvalue weighted by molar-refractivity contribution is -0.384. The number of rotatable bonds is 4. The highest BCUT2D eigenvalue weighted by molar-refractivity contribution is 5.56. The molecule has 0 spiro atoms. The van der Waals surface area contributed by atoms with Crippen LogP contribution in [0.3, 0.4) is 0 Å². The first-order valence-corrected chi connectivity index (χ1v) is 5.34. The van der Waals surface area contributed by atoms with Crippen molar-refractivity contribution < 1.29 is 4.92 Å². The van der Waals surface area contributed by atoms with Gasteiger partial charge in [-0.2, -0.15) is 0 Å². The zero-order valence-corrected chi connectivity index (χ0v) is 9.56. The summed E-state index contributed by atoms with van der Waals surface area (Å²) in [6.45, 7) is 0.360. The zero-order valence-electron chi connectivity index (χ0n) is 9.56. The summed E-state index contributed by atoms with van der Waals surface area (Å²) < 4.78 is 0. The van der Waals surface area contributed by atoms with Gasteiger partial charge in [-0.05, 0) is 11.6 Å². The SMILES string of the molecule is NN(Cc1ccccc1)c1ncccc1[N+](=O)[O-]. The molecule has 0 atom stereocenters. The number of nitrogens with zero attached hydrogens (tertiary/aromatic N) is 3. The highest BCUT2D eigenvalue weighted by atomic mass is 16.6. The molecule has 1 aromatic heterocycles. The van der Waals surface area contributed by atoms with Crippen LogP contribution in [0.4, 0.5) is 11.5 Å². The van der Waals surface area contributed by atoms with Crippen molar-refractivity contribution in [1.29, 1.82) is 0 Å². The summed E-state index contributed by atoms with van der Waals surface area (Å²) in [6.07, 6.45) is 1.48. The second-order valence-corrected chi connectivity index (χ2v) is 3.72. The largest absolute Gasteiger partial charge is 0.312 e. The molecule has 92 valence electrons. The normalized spacial score (nSPS) is 10.1. The quantitative estimate of drug-likeness (QED) is 0.504. The van der Waals surface area contributed by atoms with E-state index in [1.54, 1.807) is 0 Å². The zero-order chi connectivity index (χ0) is 13.0. The van der Waals surface area contributed by atoms with Gasteiger partial charge in [0.2, 0.25) is 5.82 Å². The minimum atomic E-state index is -0.493. The minimum Gasteiger partial charge on any atom is -0.285 e. The van der Waals surface area contributed by atoms with Crippen molar-refractivity contribution in [2.75, 3.05) is 5.01 Å². The van der Waals surface area contributed by atoms with E-state index in [0.717, 1.165) is 5.56 Å². The summed E-state index contributed by atoms with van der Waals surface area (Å²) in [5, 5.41) is 12.1. The van der Waals surface area contributed by atoms with E-state index >= 15 is 0 Å². The molecular weight excluding hydrogens is 232 g/mol. The molecule has 0 saturated heterocycles. The number of hydrogen-bond acceptors (Lipinski definition) is 5. The van der Waals surface area contributed by atoms with Crippen molar-refractivity contribution in [2.45, 2.75) is 6.54 Å². The van der Waals surface area contributed by atoms with Crippen molar-refractivity contribution in [3.8, 4) is 0 Å². The van der Waals surface area contributed by atoms with Crippen LogP contribution < -0.4 is 10.9 Å². The molecule has 1 heterocycles. The summed E-state index contributed by atoms with van der Waals surface area (Å²) in [7, 11) is 0. The third kappa shape index (κ3) is 2.61. The Hall–Kier alpha value is -2.47. The van der Waals surface area contributed by atoms with Crippen molar-refractivity contribution in [3.05, 3.63) is 64.3 Å². The lowest BCUT2D eigenvalue weighted by Crippen LogP contribution is -2.31. The Kier molecular flexibility index (Phi) is 3.49. The molecule has 0 aliphatic carbocycles. The van der Waals surface area contributed by atoms with Crippen LogP contribution in [0, 0.1) is 10.1 Å². The molecule has 6 heteroatoms. The molecule has 2 aromatic rings. The van der Waals surface area contributed by atoms with Crippen LogP contribution >= 0.6 is 0 Å². The fraction of sp³-hybridized carbons (Fsp3) is 0.0833. The van der Waals surface area contributed by atoms with Gasteiger partial charge in [0.25, 0.3) is 0 Å². The maximum Gasteiger partial charge on any atom is 0.312 e. The number of nitro groups is 1. The lowest BCUT2D eigenvalue weighted by atomic mass is 10.2. The number of nitrogens with two attached hydrogens (primary N) is 1. The van der Waals surface area contributed by atoms with Crippen LogP contribution in [-0.2, 0) is 6.54 Å². The van der Waals surface area contributed by atoms with Gasteiger partial charge in [-0.15, -0.1) is 0 Å². The van der Waals surface area contributed by atoms with E-state index in [1.807, 2.05) is 30.3 Å². The maximum absolute atomic E-state index is 10.9. The van der Waals surface area contributed by atoms with Gasteiger partial charge in [0, 0.05) is 12.3 Å². The lowest BCUT2D eigenvalue weighted by Gasteiger charge is -2.17. The van der Waals surface area contributed by atoms with E-state index in [1.165, 1.54) is 23.3 Å². The van der Waals surface area contributed by atoms with E-state index in [2.05, 4.69) is 4.98 Å². The summed E-state index contributed by atoms with van der Waals surface area (Å²) in [4.78, 5) is 14.3. The fourth-order valence-electron chi connectivity index (χ4n) is 1.61. The van der Waals surface area contributed by atoms with Crippen LogP contribution in [0.15, 0.2) is 48.7 Å². The van der Waals surface area contributed by atoms with Crippen LogP contribution in [0.1, 0.15) is 5.56 Å². The number of benzene rings is 1. The Balaban J connectivity index is 2.24. The molecule has 1 aromatic carbocycles. The Morgan fingerprint density at radius 2 is 1.94 bits per heavy atom. The predicted molar refractivity (Wildman–Crippen MR) is 67.7 cm³/mol. The van der Waals surface area contributed by atoms with Crippen LogP contribution in [0.2, 0.25) is 0 Å². The number of hydrogen-bond donors (Lipinski definition) is 1. The Morgan fingerprint density at radius 1 is 1.22 bits per heavy atom. The highest BCUT2D eigenvalue weighted by Crippen LogP contribution is 2.23. The van der Waals surface area contributed by atoms with Crippen LogP contribution in [0.5, 0.6) is 0 Å². The van der Waals surface area contributed by atoms with E-state index < -0.39 is 4.92 Å². The molecule has 6 nitrogen and oxygen atoms in total. The summed E-state index contributed by atoms with van der Waals surface area (Å²) >= 11 is 0. The standard InChI is InChI=1S/C12H12N4O2/c13-15(9-10-5-2-1-3-6-10)12-11(16(17)18)7-4-8-14-12/h1-8H,9,13H2. The van der Waals surface area contributed by atoms with E-state index in [4.69, 9.17) is 5.84 Å². The third-order valence-corrected chi connectivity index (χ3v) is 2.43. The average Bonchev–Trinajstić information content (AvgIpc) is 2.40. The summed E-state index contributed by atoms with van der Waals surface area (Å²) in [6, 6.07) is 12.4. The molecule has 0 unspecified atom stereocenters. The van der Waals surface area contributed by atoms with E-state index in [9.17, 15) is 10.1 Å². The predicted octanol–water partition coefficient (Wildman–Crippen LogP) is 1.87. The molecule has 0 saturated carbocycles. The molecule has 0 bridgehead atoms. The Bertz CT molecular complexity index is 545. The second-order valence-electron chi connectivity index (χ2n) is 3.72. The topological polar surface area (TPSA) is 85.3 Å². The van der Waals surface area contributed by atoms with Gasteiger partial charge in [0.15, 0.2) is 0 Å². The van der Waals surface area contributed by atoms with Gasteiger partial charge in [-0.3, -0.25) is 15.1 Å². The average molecular weight is 244 g/mol. The summed E-state index contributed by atoms with van der Waals surface area (Å²) in [5.74, 6) is 5.99. The first-order chi connectivity index (χ1) is 8.68. The van der Waals surface area contributed by atoms with Crippen molar-refractivity contribution >= 4 is 11.5 Å². The molecule has 0 fully saturated rings. The third-order valence-electron chi connectivity index (χ3n) is 2.43. The molecule has 0 aliphatic heterocycles. The van der Waals surface area contributed by atoms with Gasteiger partial charge in [-0.1, -0.05) is 30.3 Å². The van der Waals surface area contributed by atoms with Crippen molar-refractivity contribution in [1.82, 2.24) is 4.98 Å². The van der Waals surface area contributed by atoms with Crippen LogP contribution in [-0.4, -0.2) is 9.91 Å². The monoisotopic (exact) mass is 244 g/mol. The molecule has 2 N–H and O–H groups in total. The molecule has 2 rings (SSSR count). The highest BCUT2D eigenvalue weighted by Gasteiger charge is 2.18. The van der Waals surface area contributed by atoms with E-state index in [-0.39, 0.29) is 11.5 Å². The summed E-state index contributed by atoms with van der Waals surface area (Å²) in [5.41, 5.74) is 0.857. The second kappa shape index (κ2) is 5.24. The van der Waals surface area contributed by atoms with Crippen molar-refractivity contribution in [2.24, 2.45) is 5.84 Å². The number of hydrazine groups is 1. The van der Waals surface area contributed by atoms with Gasteiger partial charge in [0.05, 0.1) is 11.5 Å². The van der Waals surface area contributed by atoms with E-state index in [0.29, 0.717) is 6.54 Å². The van der Waals surface area contributed by atoms with Crippen molar-refractivity contribution in [3.63, 3.8) is 0 Å². The van der Waals surface area contributed by atoms with Gasteiger partial charge in [0.1, 0.15) is 0 Å². The van der Waals surface area contributed by atoms with Gasteiger partial charge < -0.3 is 0 Å².